The van der Waals surface area contributed by atoms with Crippen molar-refractivity contribution < 1.29 is 4.79 Å². The normalized spacial score (nSPS) is 10.6. The molecule has 0 rings (SSSR count). The van der Waals surface area contributed by atoms with E-state index in [-0.39, 0.29) is 24.8 Å². The number of nitrogens with two attached hydrogens (primary N) is 1. The van der Waals surface area contributed by atoms with Crippen LogP contribution in [0.1, 0.15) is 27.7 Å². The van der Waals surface area contributed by atoms with Gasteiger partial charge in [-0.15, -0.1) is 0 Å². The summed E-state index contributed by atoms with van der Waals surface area (Å²) in [5.74, 6) is -0.257. The molecule has 0 aromatic carbocycles. The van der Waals surface area contributed by atoms with Crippen LogP contribution in [0.4, 0.5) is 0 Å². The molecule has 0 saturated carbocycles. The van der Waals surface area contributed by atoms with Crippen molar-refractivity contribution >= 4 is 24.8 Å². The Bertz CT molecular complexity index is 129. The Morgan fingerprint density at radius 1 is 1.25 bits per heavy atom. The summed E-state index contributed by atoms with van der Waals surface area (Å²) in [4.78, 5) is 12.7. The predicted molar refractivity (Wildman–Crippen MR) is 53.3 cm³/mol. The zero-order chi connectivity index (χ0) is 9.02. The molecule has 0 aromatic rings. The van der Waals surface area contributed by atoms with Gasteiger partial charge in [-0.3, -0.25) is 9.69 Å². The number of primary amides is 1. The molecule has 2 N–H and O–H groups in total. The minimum atomic E-state index is -0.257. The van der Waals surface area contributed by atoms with E-state index in [4.69, 9.17) is 5.73 Å². The van der Waals surface area contributed by atoms with Crippen LogP contribution in [0.2, 0.25) is 0 Å². The predicted octanol–water partition coefficient (Wildman–Crippen LogP) is -0.0580. The molecule has 0 unspecified atom stereocenters. The van der Waals surface area contributed by atoms with E-state index >= 15 is 0 Å². The van der Waals surface area contributed by atoms with Gasteiger partial charge in [0.15, 0.2) is 0 Å². The van der Waals surface area contributed by atoms with Gasteiger partial charge < -0.3 is 5.73 Å². The summed E-state index contributed by atoms with van der Waals surface area (Å²) >= 11 is 0. The molecule has 0 bridgehead atoms. The van der Waals surface area contributed by atoms with Crippen LogP contribution < -0.4 is 5.73 Å². The molecule has 4 heteroatoms. The standard InChI is InChI=1S/C8H18N2O.Li.H/c1-6(2)10(7(3)4)5-8(9)11;;/h6-7H,5H2,1-4H3,(H2,9,11);;. The average molecular weight is 166 g/mol. The Labute approximate surface area is 86.9 Å². The molecule has 0 aliphatic heterocycles. The van der Waals surface area contributed by atoms with Crippen LogP contribution in [0.3, 0.4) is 0 Å². The van der Waals surface area contributed by atoms with Gasteiger partial charge in [-0.05, 0) is 27.7 Å². The van der Waals surface area contributed by atoms with Gasteiger partial charge in [0.25, 0.3) is 0 Å². The van der Waals surface area contributed by atoms with Crippen LogP contribution in [0.25, 0.3) is 0 Å². The first kappa shape index (κ1) is 14.5. The van der Waals surface area contributed by atoms with E-state index in [9.17, 15) is 4.79 Å². The molecule has 68 valence electrons. The van der Waals surface area contributed by atoms with Gasteiger partial charge in [0.05, 0.1) is 6.54 Å². The van der Waals surface area contributed by atoms with E-state index in [0.717, 1.165) is 0 Å². The van der Waals surface area contributed by atoms with Crippen LogP contribution in [0.15, 0.2) is 0 Å². The Morgan fingerprint density at radius 3 is 1.67 bits per heavy atom. The first-order valence-corrected chi connectivity index (χ1v) is 3.99. The van der Waals surface area contributed by atoms with Crippen molar-refractivity contribution in [3.63, 3.8) is 0 Å². The van der Waals surface area contributed by atoms with E-state index < -0.39 is 0 Å². The summed E-state index contributed by atoms with van der Waals surface area (Å²) in [6, 6.07) is 0.755. The van der Waals surface area contributed by atoms with E-state index in [0.29, 0.717) is 18.6 Å². The quantitative estimate of drug-likeness (QED) is 0.595. The summed E-state index contributed by atoms with van der Waals surface area (Å²) in [5, 5.41) is 0. The molecule has 0 heterocycles. The molecule has 0 radical (unpaired) electrons. The average Bonchev–Trinajstić information content (AvgIpc) is 1.81. The summed E-state index contributed by atoms with van der Waals surface area (Å²) < 4.78 is 0. The van der Waals surface area contributed by atoms with E-state index in [1.165, 1.54) is 0 Å². The Balaban J connectivity index is 0. The first-order chi connectivity index (χ1) is 4.95. The molecule has 0 aliphatic rings. The molecular weight excluding hydrogens is 147 g/mol. The fraction of sp³-hybridized carbons (Fsp3) is 0.875. The molecule has 1 amide bonds. The SMILES string of the molecule is CC(C)N(CC(N)=O)C(C)C.[LiH]. The monoisotopic (exact) mass is 166 g/mol. The van der Waals surface area contributed by atoms with Gasteiger partial charge in [-0.1, -0.05) is 0 Å². The fourth-order valence-electron chi connectivity index (χ4n) is 1.14. The number of carbonyl (C=O) groups is 1. The van der Waals surface area contributed by atoms with Gasteiger partial charge in [0.2, 0.25) is 5.91 Å². The van der Waals surface area contributed by atoms with Gasteiger partial charge in [0.1, 0.15) is 0 Å². The van der Waals surface area contributed by atoms with Crippen LogP contribution in [-0.4, -0.2) is 48.3 Å². The maximum absolute atomic E-state index is 10.6. The molecule has 0 saturated heterocycles. The second kappa shape index (κ2) is 6.53. The second-order valence-corrected chi connectivity index (χ2v) is 3.33. The maximum atomic E-state index is 10.6. The number of hydrogen-bond acceptors (Lipinski definition) is 2. The molecular formula is C8H19LiN2O. The van der Waals surface area contributed by atoms with E-state index in [1.54, 1.807) is 0 Å². The number of rotatable bonds is 4. The van der Waals surface area contributed by atoms with Gasteiger partial charge >= 0.3 is 18.9 Å². The Kier molecular flexibility index (Phi) is 7.92. The molecule has 0 aliphatic carbocycles. The number of hydrogen-bond donors (Lipinski definition) is 1. The second-order valence-electron chi connectivity index (χ2n) is 3.33. The topological polar surface area (TPSA) is 46.3 Å². The van der Waals surface area contributed by atoms with Crippen molar-refractivity contribution in [2.24, 2.45) is 5.73 Å². The Hall–Kier alpha value is 0.0274. The third-order valence-corrected chi connectivity index (χ3v) is 1.66. The van der Waals surface area contributed by atoms with Gasteiger partial charge in [-0.2, -0.15) is 0 Å². The third kappa shape index (κ3) is 5.65. The summed E-state index contributed by atoms with van der Waals surface area (Å²) in [5.41, 5.74) is 5.09. The van der Waals surface area contributed by atoms with Gasteiger partial charge in [-0.25, -0.2) is 0 Å². The molecule has 0 atom stereocenters. The van der Waals surface area contributed by atoms with Crippen LogP contribution >= 0.6 is 0 Å². The number of nitrogens with zero attached hydrogens (tertiary/aromatic N) is 1. The summed E-state index contributed by atoms with van der Waals surface area (Å²) in [6.45, 7) is 8.59. The van der Waals surface area contributed by atoms with Gasteiger partial charge in [0, 0.05) is 12.1 Å². The van der Waals surface area contributed by atoms with Crippen molar-refractivity contribution in [1.29, 1.82) is 0 Å². The van der Waals surface area contributed by atoms with E-state index in [1.807, 2.05) is 0 Å². The summed E-state index contributed by atoms with van der Waals surface area (Å²) in [6.07, 6.45) is 0. The van der Waals surface area contributed by atoms with Crippen molar-refractivity contribution in [3.05, 3.63) is 0 Å². The minimum absolute atomic E-state index is 0. The van der Waals surface area contributed by atoms with Crippen LogP contribution in [0.5, 0.6) is 0 Å². The van der Waals surface area contributed by atoms with Crippen LogP contribution in [-0.2, 0) is 4.79 Å². The van der Waals surface area contributed by atoms with Crippen molar-refractivity contribution in [2.75, 3.05) is 6.54 Å². The zero-order valence-electron chi connectivity index (χ0n) is 7.79. The molecule has 3 nitrogen and oxygen atoms in total. The number of carbonyl (C=O) groups excluding carboxylic acids is 1. The fourth-order valence-corrected chi connectivity index (χ4v) is 1.14. The van der Waals surface area contributed by atoms with Crippen molar-refractivity contribution in [1.82, 2.24) is 4.90 Å². The third-order valence-electron chi connectivity index (χ3n) is 1.66. The summed E-state index contributed by atoms with van der Waals surface area (Å²) in [7, 11) is 0. The first-order valence-electron chi connectivity index (χ1n) is 3.99. The van der Waals surface area contributed by atoms with Crippen molar-refractivity contribution in [2.45, 2.75) is 39.8 Å². The van der Waals surface area contributed by atoms with E-state index in [2.05, 4.69) is 32.6 Å². The molecule has 12 heavy (non-hydrogen) atoms. The van der Waals surface area contributed by atoms with Crippen molar-refractivity contribution in [3.8, 4) is 0 Å². The van der Waals surface area contributed by atoms with Crippen LogP contribution in [0, 0.1) is 0 Å². The zero-order valence-corrected chi connectivity index (χ0v) is 7.79. The molecule has 0 fully saturated rings. The molecule has 0 spiro atoms. The molecule has 0 aromatic heterocycles. The number of amides is 1. The Morgan fingerprint density at radius 2 is 1.58 bits per heavy atom.